The molecule has 32 heavy (non-hydrogen) atoms. The van der Waals surface area contributed by atoms with E-state index in [1.807, 2.05) is 0 Å². The van der Waals surface area contributed by atoms with Gasteiger partial charge in [0.15, 0.2) is 0 Å². The SMILES string of the molecule is Cc1ccc(CC(C)Nc2c(F)ccc3c2C(=O)N(C2CCC(=O)NC2=O)C3=O)cc1F. The second kappa shape index (κ2) is 8.14. The quantitative estimate of drug-likeness (QED) is 0.696. The van der Waals surface area contributed by atoms with Gasteiger partial charge in [0.25, 0.3) is 11.8 Å². The van der Waals surface area contributed by atoms with Gasteiger partial charge in [0.05, 0.1) is 16.8 Å². The fourth-order valence-electron chi connectivity index (χ4n) is 4.09. The summed E-state index contributed by atoms with van der Waals surface area (Å²) in [5.74, 6) is -3.79. The highest BCUT2D eigenvalue weighted by molar-refractivity contribution is 6.25. The summed E-state index contributed by atoms with van der Waals surface area (Å²) in [7, 11) is 0. The van der Waals surface area contributed by atoms with Crippen molar-refractivity contribution in [1.29, 1.82) is 0 Å². The number of benzene rings is 2. The van der Waals surface area contributed by atoms with Crippen LogP contribution in [0.25, 0.3) is 0 Å². The number of carbonyl (C=O) groups excluding carboxylic acids is 4. The molecule has 2 aromatic carbocycles. The Morgan fingerprint density at radius 1 is 1.09 bits per heavy atom. The lowest BCUT2D eigenvalue weighted by Gasteiger charge is -2.28. The van der Waals surface area contributed by atoms with Crippen LogP contribution in [0.4, 0.5) is 14.5 Å². The average molecular weight is 441 g/mol. The number of aryl methyl sites for hydroxylation is 1. The maximum Gasteiger partial charge on any atom is 0.264 e. The van der Waals surface area contributed by atoms with Gasteiger partial charge in [-0.2, -0.15) is 0 Å². The molecule has 0 aliphatic carbocycles. The molecule has 9 heteroatoms. The number of rotatable bonds is 5. The summed E-state index contributed by atoms with van der Waals surface area (Å²) in [6, 6.07) is 5.58. The van der Waals surface area contributed by atoms with Crippen LogP contribution in [0.2, 0.25) is 0 Å². The van der Waals surface area contributed by atoms with E-state index in [-0.39, 0.29) is 35.5 Å². The smallest absolute Gasteiger partial charge is 0.264 e. The van der Waals surface area contributed by atoms with E-state index in [2.05, 4.69) is 10.6 Å². The molecular weight excluding hydrogens is 420 g/mol. The summed E-state index contributed by atoms with van der Waals surface area (Å²) in [5, 5.41) is 5.06. The minimum Gasteiger partial charge on any atom is -0.379 e. The van der Waals surface area contributed by atoms with Crippen molar-refractivity contribution in [3.8, 4) is 0 Å². The normalized spacial score (nSPS) is 19.1. The van der Waals surface area contributed by atoms with Crippen molar-refractivity contribution in [3.05, 3.63) is 64.2 Å². The zero-order chi connectivity index (χ0) is 23.2. The van der Waals surface area contributed by atoms with E-state index < -0.39 is 41.5 Å². The first-order chi connectivity index (χ1) is 15.2. The van der Waals surface area contributed by atoms with Gasteiger partial charge in [-0.3, -0.25) is 29.4 Å². The van der Waals surface area contributed by atoms with E-state index in [0.29, 0.717) is 17.5 Å². The van der Waals surface area contributed by atoms with Crippen LogP contribution in [0.15, 0.2) is 30.3 Å². The molecule has 7 nitrogen and oxygen atoms in total. The van der Waals surface area contributed by atoms with E-state index in [1.165, 1.54) is 12.1 Å². The number of piperidine rings is 1. The van der Waals surface area contributed by atoms with E-state index in [0.717, 1.165) is 11.0 Å². The predicted octanol–water partition coefficient (Wildman–Crippen LogP) is 2.72. The number of fused-ring (bicyclic) bond motifs is 1. The molecule has 0 radical (unpaired) electrons. The third-order valence-electron chi connectivity index (χ3n) is 5.73. The number of halogens is 2. The number of nitrogens with zero attached hydrogens (tertiary/aromatic N) is 1. The van der Waals surface area contributed by atoms with Crippen molar-refractivity contribution in [3.63, 3.8) is 0 Å². The third kappa shape index (κ3) is 3.74. The monoisotopic (exact) mass is 441 g/mol. The van der Waals surface area contributed by atoms with Crippen molar-refractivity contribution in [1.82, 2.24) is 10.2 Å². The maximum atomic E-state index is 14.7. The number of imide groups is 2. The Morgan fingerprint density at radius 2 is 1.84 bits per heavy atom. The maximum absolute atomic E-state index is 14.7. The summed E-state index contributed by atoms with van der Waals surface area (Å²) >= 11 is 0. The van der Waals surface area contributed by atoms with Crippen LogP contribution in [0, 0.1) is 18.6 Å². The number of anilines is 1. The number of amides is 4. The van der Waals surface area contributed by atoms with Gasteiger partial charge in [0, 0.05) is 12.5 Å². The lowest BCUT2D eigenvalue weighted by atomic mass is 10.0. The molecular formula is C23H21F2N3O4. The number of nitrogens with one attached hydrogen (secondary N) is 2. The summed E-state index contributed by atoms with van der Waals surface area (Å²) in [6.45, 7) is 3.40. The largest absolute Gasteiger partial charge is 0.379 e. The molecule has 4 amide bonds. The molecule has 2 heterocycles. The van der Waals surface area contributed by atoms with Crippen LogP contribution in [-0.2, 0) is 16.0 Å². The number of hydrogen-bond acceptors (Lipinski definition) is 5. The van der Waals surface area contributed by atoms with E-state index in [1.54, 1.807) is 26.0 Å². The summed E-state index contributed by atoms with van der Waals surface area (Å²) in [6.07, 6.45) is 0.351. The molecule has 0 bridgehead atoms. The fraction of sp³-hybridized carbons (Fsp3) is 0.304. The highest BCUT2D eigenvalue weighted by atomic mass is 19.1. The van der Waals surface area contributed by atoms with Crippen molar-refractivity contribution in [2.75, 3.05) is 5.32 Å². The van der Waals surface area contributed by atoms with Crippen LogP contribution in [0.1, 0.15) is 51.6 Å². The van der Waals surface area contributed by atoms with Crippen molar-refractivity contribution >= 4 is 29.3 Å². The molecule has 2 aliphatic heterocycles. The molecule has 0 aromatic heterocycles. The van der Waals surface area contributed by atoms with Gasteiger partial charge in [-0.15, -0.1) is 0 Å². The first-order valence-electron chi connectivity index (χ1n) is 10.2. The van der Waals surface area contributed by atoms with Crippen molar-refractivity contribution < 1.29 is 28.0 Å². The molecule has 0 spiro atoms. The highest BCUT2D eigenvalue weighted by Gasteiger charge is 2.46. The molecule has 2 aromatic rings. The Bertz CT molecular complexity index is 1160. The summed E-state index contributed by atoms with van der Waals surface area (Å²) in [4.78, 5) is 50.4. The first kappa shape index (κ1) is 21.6. The van der Waals surface area contributed by atoms with Crippen molar-refractivity contribution in [2.45, 2.75) is 45.2 Å². The average Bonchev–Trinajstić information content (AvgIpc) is 2.97. The zero-order valence-electron chi connectivity index (χ0n) is 17.5. The summed E-state index contributed by atoms with van der Waals surface area (Å²) in [5.41, 5.74) is 0.891. The highest BCUT2D eigenvalue weighted by Crippen LogP contribution is 2.34. The van der Waals surface area contributed by atoms with Gasteiger partial charge < -0.3 is 5.32 Å². The third-order valence-corrected chi connectivity index (χ3v) is 5.73. The molecule has 4 rings (SSSR count). The molecule has 166 valence electrons. The summed E-state index contributed by atoms with van der Waals surface area (Å²) < 4.78 is 28.6. The molecule has 2 atom stereocenters. The molecule has 1 fully saturated rings. The van der Waals surface area contributed by atoms with Crippen LogP contribution >= 0.6 is 0 Å². The van der Waals surface area contributed by atoms with Crippen LogP contribution in [0.5, 0.6) is 0 Å². The fourth-order valence-corrected chi connectivity index (χ4v) is 4.09. The standard InChI is InChI=1S/C23H21F2N3O4/c1-11-3-4-13(10-16(11)25)9-12(2)26-20-15(24)6-5-14-19(20)23(32)28(22(14)31)17-7-8-18(29)27-21(17)30/h3-6,10,12,17,26H,7-9H2,1-2H3,(H,27,29,30). The van der Waals surface area contributed by atoms with E-state index in [9.17, 15) is 28.0 Å². The van der Waals surface area contributed by atoms with Crippen LogP contribution < -0.4 is 10.6 Å². The van der Waals surface area contributed by atoms with Gasteiger partial charge in [0.1, 0.15) is 17.7 Å². The van der Waals surface area contributed by atoms with Gasteiger partial charge in [-0.05, 0) is 56.0 Å². The van der Waals surface area contributed by atoms with E-state index in [4.69, 9.17) is 0 Å². The topological polar surface area (TPSA) is 95.6 Å². The Hall–Kier alpha value is -3.62. The Labute approximate surface area is 182 Å². The number of carbonyl (C=O) groups is 4. The zero-order valence-corrected chi connectivity index (χ0v) is 17.5. The lowest BCUT2D eigenvalue weighted by Crippen LogP contribution is -2.54. The van der Waals surface area contributed by atoms with Gasteiger partial charge in [-0.1, -0.05) is 12.1 Å². The van der Waals surface area contributed by atoms with E-state index >= 15 is 0 Å². The van der Waals surface area contributed by atoms with Crippen LogP contribution in [0.3, 0.4) is 0 Å². The van der Waals surface area contributed by atoms with Crippen LogP contribution in [-0.4, -0.2) is 40.6 Å². The molecule has 0 saturated carbocycles. The second-order valence-electron chi connectivity index (χ2n) is 8.13. The van der Waals surface area contributed by atoms with Gasteiger partial charge >= 0.3 is 0 Å². The lowest BCUT2D eigenvalue weighted by molar-refractivity contribution is -0.136. The van der Waals surface area contributed by atoms with Gasteiger partial charge in [0.2, 0.25) is 11.8 Å². The molecule has 2 unspecified atom stereocenters. The Balaban J connectivity index is 1.61. The minimum atomic E-state index is -1.14. The first-order valence-corrected chi connectivity index (χ1v) is 10.2. The molecule has 2 N–H and O–H groups in total. The predicted molar refractivity (Wildman–Crippen MR) is 111 cm³/mol. The Morgan fingerprint density at radius 3 is 2.53 bits per heavy atom. The van der Waals surface area contributed by atoms with Crippen molar-refractivity contribution in [2.24, 2.45) is 0 Å². The minimum absolute atomic E-state index is 0.00652. The molecule has 2 aliphatic rings. The number of hydrogen-bond donors (Lipinski definition) is 2. The second-order valence-corrected chi connectivity index (χ2v) is 8.13. The Kier molecular flexibility index (Phi) is 5.50. The van der Waals surface area contributed by atoms with Gasteiger partial charge in [-0.25, -0.2) is 8.78 Å². The molecule has 1 saturated heterocycles.